The number of benzene rings is 1. The lowest BCUT2D eigenvalue weighted by Crippen LogP contribution is -1.96. The fourth-order valence-electron chi connectivity index (χ4n) is 0.953. The van der Waals surface area contributed by atoms with E-state index in [1.807, 2.05) is 18.2 Å². The van der Waals surface area contributed by atoms with Crippen molar-refractivity contribution in [1.82, 2.24) is 0 Å². The number of ketones is 1. The molecule has 0 heterocycles. The zero-order valence-electron chi connectivity index (χ0n) is 6.60. The summed E-state index contributed by atoms with van der Waals surface area (Å²) in [6.07, 6.45) is 0.401. The van der Waals surface area contributed by atoms with Crippen LogP contribution < -0.4 is 0 Å². The van der Waals surface area contributed by atoms with Gasteiger partial charge < -0.3 is 0 Å². The van der Waals surface area contributed by atoms with Gasteiger partial charge in [-0.15, -0.1) is 0 Å². The van der Waals surface area contributed by atoms with E-state index in [0.29, 0.717) is 11.4 Å². The van der Waals surface area contributed by atoms with E-state index in [0.717, 1.165) is 10.0 Å². The lowest BCUT2D eigenvalue weighted by Gasteiger charge is -2.02. The van der Waals surface area contributed by atoms with E-state index in [4.69, 9.17) is 11.6 Å². The van der Waals surface area contributed by atoms with Gasteiger partial charge in [-0.2, -0.15) is 0 Å². The average Bonchev–Trinajstić information content (AvgIpc) is 1.98. The van der Waals surface area contributed by atoms with Gasteiger partial charge in [0.25, 0.3) is 0 Å². The van der Waals surface area contributed by atoms with Crippen molar-refractivity contribution in [2.45, 2.75) is 13.3 Å². The summed E-state index contributed by atoms with van der Waals surface area (Å²) in [4.78, 5) is 10.8. The van der Waals surface area contributed by atoms with Crippen LogP contribution in [0.1, 0.15) is 12.5 Å². The number of carbonyl (C=O) groups excluding carboxylic acids is 1. The van der Waals surface area contributed by atoms with E-state index in [9.17, 15) is 4.79 Å². The molecule has 1 nitrogen and oxygen atoms in total. The van der Waals surface area contributed by atoms with Crippen molar-refractivity contribution in [3.63, 3.8) is 0 Å². The molecule has 64 valence electrons. The van der Waals surface area contributed by atoms with Gasteiger partial charge in [-0.3, -0.25) is 4.79 Å². The summed E-state index contributed by atoms with van der Waals surface area (Å²) in [5.74, 6) is 0.120. The van der Waals surface area contributed by atoms with Crippen LogP contribution in [-0.4, -0.2) is 5.78 Å². The van der Waals surface area contributed by atoms with Crippen molar-refractivity contribution in [3.8, 4) is 0 Å². The van der Waals surface area contributed by atoms with Gasteiger partial charge in [0, 0.05) is 10.9 Å². The Hall–Kier alpha value is -0.340. The molecule has 0 N–H and O–H groups in total. The first kappa shape index (κ1) is 9.75. The molecule has 0 amide bonds. The third-order valence-electron chi connectivity index (χ3n) is 1.47. The minimum atomic E-state index is 0.120. The van der Waals surface area contributed by atoms with Crippen LogP contribution >= 0.6 is 27.5 Å². The predicted molar refractivity (Wildman–Crippen MR) is 53.5 cm³/mol. The summed E-state index contributed by atoms with van der Waals surface area (Å²) in [6.45, 7) is 1.55. The Morgan fingerprint density at radius 2 is 2.25 bits per heavy atom. The number of halogens is 2. The normalized spacial score (nSPS) is 9.92. The highest BCUT2D eigenvalue weighted by Crippen LogP contribution is 2.26. The first-order chi connectivity index (χ1) is 5.61. The number of carbonyl (C=O) groups is 1. The molecule has 0 aliphatic heterocycles. The maximum absolute atomic E-state index is 10.8. The highest BCUT2D eigenvalue weighted by Gasteiger charge is 2.05. The molecule has 3 heteroatoms. The number of Topliss-reactive ketones (excluding diaryl/α,β-unsaturated/α-hetero) is 1. The lowest BCUT2D eigenvalue weighted by molar-refractivity contribution is -0.116. The molecule has 0 bridgehead atoms. The van der Waals surface area contributed by atoms with Crippen LogP contribution in [0, 0.1) is 0 Å². The summed E-state index contributed by atoms with van der Waals surface area (Å²) in [5.41, 5.74) is 0.874. The molecular formula is C9H8BrClO. The summed E-state index contributed by atoms with van der Waals surface area (Å²) in [6, 6.07) is 5.58. The van der Waals surface area contributed by atoms with E-state index < -0.39 is 0 Å². The predicted octanol–water partition coefficient (Wildman–Crippen LogP) is 3.23. The molecular weight excluding hydrogens is 239 g/mol. The summed E-state index contributed by atoms with van der Waals surface area (Å²) in [7, 11) is 0. The van der Waals surface area contributed by atoms with Crippen molar-refractivity contribution in [2.75, 3.05) is 0 Å². The van der Waals surface area contributed by atoms with E-state index >= 15 is 0 Å². The maximum Gasteiger partial charge on any atom is 0.134 e. The van der Waals surface area contributed by atoms with Gasteiger partial charge >= 0.3 is 0 Å². The highest BCUT2D eigenvalue weighted by molar-refractivity contribution is 9.10. The van der Waals surface area contributed by atoms with Gasteiger partial charge in [0.2, 0.25) is 0 Å². The van der Waals surface area contributed by atoms with Crippen molar-refractivity contribution in [1.29, 1.82) is 0 Å². The third kappa shape index (κ3) is 2.32. The second-order valence-electron chi connectivity index (χ2n) is 2.59. The Morgan fingerprint density at radius 1 is 1.58 bits per heavy atom. The van der Waals surface area contributed by atoms with E-state index in [1.54, 1.807) is 6.92 Å². The van der Waals surface area contributed by atoms with Crippen LogP contribution in [0.2, 0.25) is 5.02 Å². The lowest BCUT2D eigenvalue weighted by atomic mass is 10.1. The van der Waals surface area contributed by atoms with E-state index in [2.05, 4.69) is 15.9 Å². The van der Waals surface area contributed by atoms with Gasteiger partial charge in [-0.1, -0.05) is 23.7 Å². The maximum atomic E-state index is 10.8. The molecule has 0 unspecified atom stereocenters. The van der Waals surface area contributed by atoms with Gasteiger partial charge in [0.1, 0.15) is 5.78 Å². The number of hydrogen-bond donors (Lipinski definition) is 0. The molecule has 0 saturated carbocycles. The fraction of sp³-hybridized carbons (Fsp3) is 0.222. The van der Waals surface area contributed by atoms with Gasteiger partial charge in [0.15, 0.2) is 0 Å². The highest BCUT2D eigenvalue weighted by atomic mass is 79.9. The molecule has 0 spiro atoms. The quantitative estimate of drug-likeness (QED) is 0.784. The molecule has 1 aromatic rings. The summed E-state index contributed by atoms with van der Waals surface area (Å²) in [5, 5.41) is 0.632. The van der Waals surface area contributed by atoms with Crippen molar-refractivity contribution < 1.29 is 4.79 Å². The Morgan fingerprint density at radius 3 is 2.83 bits per heavy atom. The molecule has 1 aromatic carbocycles. The molecule has 12 heavy (non-hydrogen) atoms. The zero-order valence-corrected chi connectivity index (χ0v) is 8.95. The SMILES string of the molecule is CC(=O)Cc1cccc(Br)c1Cl. The van der Waals surface area contributed by atoms with Crippen LogP contribution in [0.5, 0.6) is 0 Å². The third-order valence-corrected chi connectivity index (χ3v) is 2.81. The summed E-state index contributed by atoms with van der Waals surface area (Å²) >= 11 is 9.23. The number of hydrogen-bond acceptors (Lipinski definition) is 1. The Bertz CT molecular complexity index is 309. The second-order valence-corrected chi connectivity index (χ2v) is 3.82. The van der Waals surface area contributed by atoms with Crippen LogP contribution in [-0.2, 0) is 11.2 Å². The minimum Gasteiger partial charge on any atom is -0.300 e. The molecule has 0 saturated heterocycles. The van der Waals surface area contributed by atoms with Crippen molar-refractivity contribution in [2.24, 2.45) is 0 Å². The first-order valence-electron chi connectivity index (χ1n) is 3.53. The average molecular weight is 248 g/mol. The van der Waals surface area contributed by atoms with E-state index in [1.165, 1.54) is 0 Å². The summed E-state index contributed by atoms with van der Waals surface area (Å²) < 4.78 is 0.836. The van der Waals surface area contributed by atoms with E-state index in [-0.39, 0.29) is 5.78 Å². The van der Waals surface area contributed by atoms with Crippen molar-refractivity contribution in [3.05, 3.63) is 33.3 Å². The second kappa shape index (κ2) is 4.06. The fourth-order valence-corrected chi connectivity index (χ4v) is 1.55. The van der Waals surface area contributed by atoms with Gasteiger partial charge in [-0.25, -0.2) is 0 Å². The minimum absolute atomic E-state index is 0.120. The van der Waals surface area contributed by atoms with Crippen LogP contribution in [0.4, 0.5) is 0 Å². The zero-order chi connectivity index (χ0) is 9.14. The topological polar surface area (TPSA) is 17.1 Å². The first-order valence-corrected chi connectivity index (χ1v) is 4.70. The standard InChI is InChI=1S/C9H8BrClO/c1-6(12)5-7-3-2-4-8(10)9(7)11/h2-4H,5H2,1H3. The van der Waals surface area contributed by atoms with Gasteiger partial charge in [-0.05, 0) is 34.5 Å². The largest absolute Gasteiger partial charge is 0.300 e. The van der Waals surface area contributed by atoms with Crippen LogP contribution in [0.25, 0.3) is 0 Å². The smallest absolute Gasteiger partial charge is 0.134 e. The Kier molecular flexibility index (Phi) is 3.29. The molecule has 0 aromatic heterocycles. The molecule has 0 aliphatic rings. The molecule has 0 radical (unpaired) electrons. The van der Waals surface area contributed by atoms with Crippen molar-refractivity contribution >= 4 is 33.3 Å². The Balaban J connectivity index is 3.00. The molecule has 1 rings (SSSR count). The van der Waals surface area contributed by atoms with Gasteiger partial charge in [0.05, 0.1) is 5.02 Å². The molecule has 0 fully saturated rings. The van der Waals surface area contributed by atoms with Crippen LogP contribution in [0.3, 0.4) is 0 Å². The molecule has 0 aliphatic carbocycles. The number of rotatable bonds is 2. The molecule has 0 atom stereocenters. The van der Waals surface area contributed by atoms with Crippen LogP contribution in [0.15, 0.2) is 22.7 Å². The monoisotopic (exact) mass is 246 g/mol. The Labute approximate surface area is 84.9 Å².